The Hall–Kier alpha value is -3.13. The normalized spacial score (nSPS) is 12.2. The van der Waals surface area contributed by atoms with Gasteiger partial charge in [-0.05, 0) is 60.5 Å². The van der Waals surface area contributed by atoms with E-state index in [1.807, 2.05) is 24.3 Å². The predicted octanol–water partition coefficient (Wildman–Crippen LogP) is 5.97. The Morgan fingerprint density at radius 2 is 1.91 bits per heavy atom. The van der Waals surface area contributed by atoms with Crippen LogP contribution in [0.1, 0.15) is 19.6 Å². The van der Waals surface area contributed by atoms with E-state index < -0.39 is 0 Å². The molecule has 0 amide bonds. The number of halogens is 2. The fraction of sp³-hybridized carbons (Fsp3) is 0.160. The van der Waals surface area contributed by atoms with Gasteiger partial charge in [-0.2, -0.15) is 9.50 Å². The number of hydrogen-bond donors (Lipinski definition) is 0. The minimum Gasteiger partial charge on any atom is -0.493 e. The zero-order valence-electron chi connectivity index (χ0n) is 18.3. The Kier molecular flexibility index (Phi) is 6.16. The lowest BCUT2D eigenvalue weighted by atomic mass is 10.2. The molecule has 0 unspecified atom stereocenters. The Bertz CT molecular complexity index is 1590. The van der Waals surface area contributed by atoms with E-state index >= 15 is 0 Å². The van der Waals surface area contributed by atoms with Crippen LogP contribution in [0.3, 0.4) is 0 Å². The Balaban J connectivity index is 1.41. The van der Waals surface area contributed by atoms with Gasteiger partial charge in [-0.3, -0.25) is 4.79 Å². The Labute approximate surface area is 209 Å². The number of thiazole rings is 1. The highest BCUT2D eigenvalue weighted by Crippen LogP contribution is 2.31. The van der Waals surface area contributed by atoms with Crippen molar-refractivity contribution in [2.24, 2.45) is 5.92 Å². The largest absolute Gasteiger partial charge is 0.493 e. The standard InChI is InChI=1S/C25H19Cl2N3O3S/c1-14(2)13-32-17-6-3-15(4-7-17)23-28-25-30(29-23)24(31)22(34-25)12-18-8-10-21(33-18)19-9-5-16(26)11-20(19)27/h3-12,14H,13H2,1-2H3/b22-12+. The number of hydrogen-bond acceptors (Lipinski definition) is 6. The van der Waals surface area contributed by atoms with E-state index in [2.05, 4.69) is 23.9 Å². The summed E-state index contributed by atoms with van der Waals surface area (Å²) in [6.45, 7) is 4.85. The SMILES string of the molecule is CC(C)COc1ccc(-c2nc3s/c(=C/c4ccc(-c5ccc(Cl)cc5Cl)o4)c(=O)n3n2)cc1. The van der Waals surface area contributed by atoms with Gasteiger partial charge in [-0.1, -0.05) is 48.4 Å². The van der Waals surface area contributed by atoms with Crippen LogP contribution < -0.4 is 14.8 Å². The summed E-state index contributed by atoms with van der Waals surface area (Å²) in [5.41, 5.74) is 1.28. The van der Waals surface area contributed by atoms with E-state index in [4.69, 9.17) is 32.4 Å². The summed E-state index contributed by atoms with van der Waals surface area (Å²) in [7, 11) is 0. The van der Waals surface area contributed by atoms with Gasteiger partial charge in [0.15, 0.2) is 5.82 Å². The van der Waals surface area contributed by atoms with Crippen LogP contribution in [0, 0.1) is 5.92 Å². The average Bonchev–Trinajstić information content (AvgIpc) is 3.50. The molecule has 0 fully saturated rings. The molecule has 2 aromatic carbocycles. The summed E-state index contributed by atoms with van der Waals surface area (Å²) in [5, 5.41) is 5.44. The molecule has 0 spiro atoms. The second-order valence-electron chi connectivity index (χ2n) is 8.10. The quantitative estimate of drug-likeness (QED) is 0.281. The van der Waals surface area contributed by atoms with Gasteiger partial charge in [0.1, 0.15) is 21.8 Å². The molecular weight excluding hydrogens is 493 g/mol. The molecule has 0 atom stereocenters. The second-order valence-corrected chi connectivity index (χ2v) is 9.95. The first-order valence-corrected chi connectivity index (χ1v) is 12.1. The molecule has 3 heterocycles. The van der Waals surface area contributed by atoms with Crippen LogP contribution in [-0.4, -0.2) is 21.2 Å². The first-order valence-electron chi connectivity index (χ1n) is 10.6. The van der Waals surface area contributed by atoms with Crippen LogP contribution in [0.25, 0.3) is 33.7 Å². The van der Waals surface area contributed by atoms with Crippen molar-refractivity contribution in [3.8, 4) is 28.5 Å². The van der Waals surface area contributed by atoms with Gasteiger partial charge < -0.3 is 9.15 Å². The molecule has 6 nitrogen and oxygen atoms in total. The van der Waals surface area contributed by atoms with E-state index in [9.17, 15) is 4.79 Å². The van der Waals surface area contributed by atoms with Gasteiger partial charge in [-0.25, -0.2) is 0 Å². The maximum atomic E-state index is 12.9. The fourth-order valence-electron chi connectivity index (χ4n) is 3.31. The lowest BCUT2D eigenvalue weighted by Gasteiger charge is -2.08. The molecule has 0 aliphatic heterocycles. The van der Waals surface area contributed by atoms with Gasteiger partial charge >= 0.3 is 0 Å². The van der Waals surface area contributed by atoms with Crippen molar-refractivity contribution in [3.05, 3.63) is 85.3 Å². The lowest BCUT2D eigenvalue weighted by molar-refractivity contribution is 0.271. The minimum atomic E-state index is -0.252. The monoisotopic (exact) mass is 511 g/mol. The van der Waals surface area contributed by atoms with Gasteiger partial charge in [-0.15, -0.1) is 5.10 Å². The molecule has 0 N–H and O–H groups in total. The summed E-state index contributed by atoms with van der Waals surface area (Å²) in [6, 6.07) is 16.3. The molecule has 0 saturated carbocycles. The number of fused-ring (bicyclic) bond motifs is 1. The van der Waals surface area contributed by atoms with Crippen molar-refractivity contribution in [2.45, 2.75) is 13.8 Å². The molecule has 3 aromatic heterocycles. The molecule has 5 rings (SSSR count). The average molecular weight is 512 g/mol. The van der Waals surface area contributed by atoms with Crippen LogP contribution >= 0.6 is 34.5 Å². The van der Waals surface area contributed by atoms with Crippen molar-refractivity contribution in [1.29, 1.82) is 0 Å². The van der Waals surface area contributed by atoms with Crippen LogP contribution in [-0.2, 0) is 0 Å². The van der Waals surface area contributed by atoms with E-state index in [0.717, 1.165) is 16.9 Å². The predicted molar refractivity (Wildman–Crippen MR) is 136 cm³/mol. The molecular formula is C25H19Cl2N3O3S. The van der Waals surface area contributed by atoms with Gasteiger partial charge in [0.2, 0.25) is 4.96 Å². The topological polar surface area (TPSA) is 69.6 Å². The van der Waals surface area contributed by atoms with E-state index in [1.165, 1.54) is 15.9 Å². The third-order valence-electron chi connectivity index (χ3n) is 4.97. The van der Waals surface area contributed by atoms with Crippen LogP contribution in [0.15, 0.2) is 63.8 Å². The number of benzene rings is 2. The molecule has 0 aliphatic rings. The molecule has 0 saturated heterocycles. The number of rotatable bonds is 6. The molecule has 34 heavy (non-hydrogen) atoms. The first-order chi connectivity index (χ1) is 16.4. The molecule has 172 valence electrons. The molecule has 0 aliphatic carbocycles. The number of aromatic nitrogens is 3. The summed E-state index contributed by atoms with van der Waals surface area (Å²) in [6.07, 6.45) is 1.68. The van der Waals surface area contributed by atoms with Gasteiger partial charge in [0.25, 0.3) is 5.56 Å². The number of ether oxygens (including phenoxy) is 1. The van der Waals surface area contributed by atoms with Crippen molar-refractivity contribution in [2.75, 3.05) is 6.61 Å². The molecule has 0 bridgehead atoms. The summed E-state index contributed by atoms with van der Waals surface area (Å²) in [5.74, 6) is 2.84. The highest BCUT2D eigenvalue weighted by Gasteiger charge is 2.13. The Morgan fingerprint density at radius 3 is 2.62 bits per heavy atom. The lowest BCUT2D eigenvalue weighted by Crippen LogP contribution is -2.23. The maximum Gasteiger partial charge on any atom is 0.291 e. The van der Waals surface area contributed by atoms with E-state index in [-0.39, 0.29) is 5.56 Å². The first kappa shape index (κ1) is 22.7. The summed E-state index contributed by atoms with van der Waals surface area (Å²) in [4.78, 5) is 17.9. The van der Waals surface area contributed by atoms with Crippen LogP contribution in [0.2, 0.25) is 10.0 Å². The van der Waals surface area contributed by atoms with Gasteiger partial charge in [0.05, 0.1) is 11.6 Å². The maximum absolute atomic E-state index is 12.9. The highest BCUT2D eigenvalue weighted by atomic mass is 35.5. The van der Waals surface area contributed by atoms with Crippen LogP contribution in [0.5, 0.6) is 5.75 Å². The highest BCUT2D eigenvalue weighted by molar-refractivity contribution is 7.15. The van der Waals surface area contributed by atoms with Gasteiger partial charge in [0, 0.05) is 22.2 Å². The third kappa shape index (κ3) is 4.59. The number of nitrogens with zero attached hydrogens (tertiary/aromatic N) is 3. The van der Waals surface area contributed by atoms with Crippen molar-refractivity contribution >= 4 is 45.6 Å². The molecule has 9 heteroatoms. The molecule has 5 aromatic rings. The molecule has 0 radical (unpaired) electrons. The van der Waals surface area contributed by atoms with Crippen molar-refractivity contribution < 1.29 is 9.15 Å². The second kappa shape index (κ2) is 9.25. The fourth-order valence-corrected chi connectivity index (χ4v) is 4.70. The third-order valence-corrected chi connectivity index (χ3v) is 6.48. The zero-order chi connectivity index (χ0) is 23.8. The van der Waals surface area contributed by atoms with E-state index in [1.54, 1.807) is 36.4 Å². The zero-order valence-corrected chi connectivity index (χ0v) is 20.6. The minimum absolute atomic E-state index is 0.252. The summed E-state index contributed by atoms with van der Waals surface area (Å²) >= 11 is 13.5. The van der Waals surface area contributed by atoms with Crippen molar-refractivity contribution in [3.63, 3.8) is 0 Å². The Morgan fingerprint density at radius 1 is 1.12 bits per heavy atom. The van der Waals surface area contributed by atoms with Crippen LogP contribution in [0.4, 0.5) is 0 Å². The smallest absolute Gasteiger partial charge is 0.291 e. The van der Waals surface area contributed by atoms with E-state index in [0.29, 0.717) is 49.4 Å². The summed E-state index contributed by atoms with van der Waals surface area (Å²) < 4.78 is 13.4. The number of furan rings is 1. The van der Waals surface area contributed by atoms with Crippen molar-refractivity contribution in [1.82, 2.24) is 14.6 Å².